The molecule has 0 aromatic heterocycles. The van der Waals surface area contributed by atoms with Crippen LogP contribution in [-0.2, 0) is 37.9 Å². The monoisotopic (exact) mass is 440 g/mol. The van der Waals surface area contributed by atoms with Crippen molar-refractivity contribution in [3.8, 4) is 0 Å². The molecule has 8 heteroatoms. The van der Waals surface area contributed by atoms with Crippen molar-refractivity contribution >= 4 is 0 Å². The molecule has 0 amide bonds. The molecule has 6 rings (SSSR count). The molecule has 0 radical (unpaired) electrons. The van der Waals surface area contributed by atoms with Gasteiger partial charge in [0.25, 0.3) is 0 Å². The van der Waals surface area contributed by atoms with Crippen LogP contribution in [0.3, 0.4) is 0 Å². The SMILES string of the molecule is CC1CC2OC2CC1OCC1COC2(OC1)OCC(COC1CC3OC3CC1C)CO2. The average Bonchev–Trinajstić information content (AvgIpc) is 3.69. The molecule has 8 atom stereocenters. The van der Waals surface area contributed by atoms with E-state index in [0.717, 1.165) is 25.7 Å². The van der Waals surface area contributed by atoms with Gasteiger partial charge in [0.2, 0.25) is 0 Å². The van der Waals surface area contributed by atoms with E-state index in [4.69, 9.17) is 37.9 Å². The highest BCUT2D eigenvalue weighted by Gasteiger charge is 2.49. The van der Waals surface area contributed by atoms with Crippen LogP contribution in [0.2, 0.25) is 0 Å². The Bertz CT molecular complexity index is 572. The Morgan fingerprint density at radius 1 is 0.613 bits per heavy atom. The van der Waals surface area contributed by atoms with Crippen LogP contribution in [0.1, 0.15) is 39.5 Å². The maximum Gasteiger partial charge on any atom is 0.412 e. The standard InChI is InChI=1S/C23H36O8/c1-13-3-19-21(30-19)5-17(13)24-7-15-9-26-23(27-10-15)28-11-16(12-29-23)8-25-18-6-22-20(31-22)4-14(18)2/h13-22H,3-12H2,1-2H3. The lowest BCUT2D eigenvalue weighted by Crippen LogP contribution is -2.54. The Hall–Kier alpha value is -0.320. The molecule has 31 heavy (non-hydrogen) atoms. The first-order valence-corrected chi connectivity index (χ1v) is 12.2. The fraction of sp³-hybridized carbons (Fsp3) is 1.00. The zero-order valence-corrected chi connectivity index (χ0v) is 18.6. The highest BCUT2D eigenvalue weighted by Crippen LogP contribution is 2.42. The first kappa shape index (κ1) is 21.2. The van der Waals surface area contributed by atoms with Gasteiger partial charge in [0, 0.05) is 24.7 Å². The van der Waals surface area contributed by atoms with Gasteiger partial charge in [0.1, 0.15) is 0 Å². The van der Waals surface area contributed by atoms with Crippen molar-refractivity contribution < 1.29 is 37.9 Å². The summed E-state index contributed by atoms with van der Waals surface area (Å²) in [5.41, 5.74) is 0. The van der Waals surface area contributed by atoms with Gasteiger partial charge in [-0.25, -0.2) is 0 Å². The minimum atomic E-state index is -1.35. The molecule has 6 aliphatic rings. The van der Waals surface area contributed by atoms with Gasteiger partial charge in [-0.15, -0.1) is 0 Å². The molecule has 0 aromatic carbocycles. The summed E-state index contributed by atoms with van der Waals surface area (Å²) in [6, 6.07) is 0. The van der Waals surface area contributed by atoms with Crippen molar-refractivity contribution in [2.45, 2.75) is 82.3 Å². The molecular formula is C23H36O8. The Morgan fingerprint density at radius 2 is 1.00 bits per heavy atom. The number of hydrogen-bond acceptors (Lipinski definition) is 8. The van der Waals surface area contributed by atoms with E-state index in [1.165, 1.54) is 0 Å². The van der Waals surface area contributed by atoms with E-state index in [0.29, 0.717) is 75.9 Å². The first-order chi connectivity index (χ1) is 15.1. The van der Waals surface area contributed by atoms with Crippen molar-refractivity contribution in [1.29, 1.82) is 0 Å². The molecule has 0 N–H and O–H groups in total. The van der Waals surface area contributed by atoms with E-state index in [1.807, 2.05) is 0 Å². The summed E-state index contributed by atoms with van der Waals surface area (Å²) in [7, 11) is 0. The highest BCUT2D eigenvalue weighted by atomic mass is 17.0. The number of fused-ring (bicyclic) bond motifs is 2. The van der Waals surface area contributed by atoms with Crippen molar-refractivity contribution in [2.24, 2.45) is 23.7 Å². The molecule has 8 nitrogen and oxygen atoms in total. The Kier molecular flexibility index (Phi) is 5.80. The van der Waals surface area contributed by atoms with Crippen LogP contribution in [-0.4, -0.2) is 82.4 Å². The molecule has 6 fully saturated rings. The largest absolute Gasteiger partial charge is 0.412 e. The summed E-state index contributed by atoms with van der Waals surface area (Å²) in [6.45, 7) is 7.79. The molecule has 4 heterocycles. The number of epoxide rings is 2. The summed E-state index contributed by atoms with van der Waals surface area (Å²) in [4.78, 5) is 0. The second-order valence-electron chi connectivity index (χ2n) is 10.5. The Labute approximate surface area is 184 Å². The molecule has 0 aromatic rings. The summed E-state index contributed by atoms with van der Waals surface area (Å²) in [6.07, 6.45) is 5.23. The lowest BCUT2D eigenvalue weighted by molar-refractivity contribution is -0.536. The van der Waals surface area contributed by atoms with Crippen LogP contribution in [0.25, 0.3) is 0 Å². The van der Waals surface area contributed by atoms with E-state index in [2.05, 4.69) is 13.8 Å². The van der Waals surface area contributed by atoms with Crippen LogP contribution in [0.5, 0.6) is 0 Å². The quantitative estimate of drug-likeness (QED) is 0.581. The van der Waals surface area contributed by atoms with Crippen LogP contribution in [0.4, 0.5) is 0 Å². The van der Waals surface area contributed by atoms with Gasteiger partial charge < -0.3 is 37.9 Å². The highest BCUT2D eigenvalue weighted by molar-refractivity contribution is 4.96. The summed E-state index contributed by atoms with van der Waals surface area (Å²) >= 11 is 0. The van der Waals surface area contributed by atoms with Gasteiger partial charge in [-0.3, -0.25) is 0 Å². The fourth-order valence-electron chi connectivity index (χ4n) is 5.55. The van der Waals surface area contributed by atoms with Gasteiger partial charge >= 0.3 is 6.16 Å². The molecule has 0 bridgehead atoms. The fourth-order valence-corrected chi connectivity index (χ4v) is 5.55. The van der Waals surface area contributed by atoms with Gasteiger partial charge in [-0.1, -0.05) is 13.8 Å². The zero-order chi connectivity index (χ0) is 21.0. The minimum absolute atomic E-state index is 0.185. The molecule has 4 saturated heterocycles. The zero-order valence-electron chi connectivity index (χ0n) is 18.6. The molecule has 2 aliphatic carbocycles. The summed E-state index contributed by atoms with van der Waals surface area (Å²) in [5, 5.41) is 0. The lowest BCUT2D eigenvalue weighted by atomic mass is 9.88. The molecule has 2 saturated carbocycles. The lowest BCUT2D eigenvalue weighted by Gasteiger charge is -2.42. The topological polar surface area (TPSA) is 80.4 Å². The maximum atomic E-state index is 6.19. The molecule has 8 unspecified atom stereocenters. The Morgan fingerprint density at radius 3 is 1.42 bits per heavy atom. The van der Waals surface area contributed by atoms with E-state index in [9.17, 15) is 0 Å². The minimum Gasteiger partial charge on any atom is -0.377 e. The maximum absolute atomic E-state index is 6.19. The predicted molar refractivity (Wildman–Crippen MR) is 107 cm³/mol. The molecule has 176 valence electrons. The Balaban J connectivity index is 0.895. The van der Waals surface area contributed by atoms with E-state index in [1.54, 1.807) is 0 Å². The van der Waals surface area contributed by atoms with Gasteiger partial charge in [0.15, 0.2) is 0 Å². The van der Waals surface area contributed by atoms with Crippen molar-refractivity contribution in [2.75, 3.05) is 39.6 Å². The van der Waals surface area contributed by atoms with E-state index >= 15 is 0 Å². The second-order valence-corrected chi connectivity index (χ2v) is 10.5. The van der Waals surface area contributed by atoms with Gasteiger partial charge in [-0.2, -0.15) is 0 Å². The van der Waals surface area contributed by atoms with E-state index < -0.39 is 6.16 Å². The third-order valence-electron chi connectivity index (χ3n) is 7.86. The molecule has 1 spiro atoms. The van der Waals surface area contributed by atoms with Crippen molar-refractivity contribution in [1.82, 2.24) is 0 Å². The number of ether oxygens (including phenoxy) is 8. The van der Waals surface area contributed by atoms with Crippen LogP contribution < -0.4 is 0 Å². The second kappa shape index (κ2) is 8.47. The number of rotatable bonds is 6. The first-order valence-electron chi connectivity index (χ1n) is 12.2. The predicted octanol–water partition coefficient (Wildman–Crippen LogP) is 2.09. The van der Waals surface area contributed by atoms with Crippen molar-refractivity contribution in [3.05, 3.63) is 0 Å². The van der Waals surface area contributed by atoms with Gasteiger partial charge in [-0.05, 0) is 24.7 Å². The van der Waals surface area contributed by atoms with Crippen LogP contribution in [0.15, 0.2) is 0 Å². The van der Waals surface area contributed by atoms with Crippen molar-refractivity contribution in [3.63, 3.8) is 0 Å². The van der Waals surface area contributed by atoms with Crippen LogP contribution >= 0.6 is 0 Å². The molecule has 4 aliphatic heterocycles. The summed E-state index contributed by atoms with van der Waals surface area (Å²) in [5.74, 6) is 1.45. The van der Waals surface area contributed by atoms with E-state index in [-0.39, 0.29) is 24.0 Å². The summed E-state index contributed by atoms with van der Waals surface area (Å²) < 4.78 is 47.1. The number of hydrogen-bond donors (Lipinski definition) is 0. The van der Waals surface area contributed by atoms with Gasteiger partial charge in [0.05, 0.1) is 76.3 Å². The third kappa shape index (κ3) is 4.68. The molecular weight excluding hydrogens is 404 g/mol. The smallest absolute Gasteiger partial charge is 0.377 e. The van der Waals surface area contributed by atoms with Crippen LogP contribution in [0, 0.1) is 23.7 Å². The normalized spacial score (nSPS) is 53.6. The average molecular weight is 441 g/mol. The third-order valence-corrected chi connectivity index (χ3v) is 7.86.